The van der Waals surface area contributed by atoms with Crippen LogP contribution in [0.15, 0.2) is 67.3 Å². The van der Waals surface area contributed by atoms with Crippen molar-refractivity contribution in [1.82, 2.24) is 5.32 Å². The molecule has 0 saturated carbocycles. The van der Waals surface area contributed by atoms with Gasteiger partial charge in [-0.1, -0.05) is 66.7 Å². The number of halogens is 2. The van der Waals surface area contributed by atoms with Crippen molar-refractivity contribution in [3.8, 4) is 0 Å². The Morgan fingerprint density at radius 1 is 1.21 bits per heavy atom. The van der Waals surface area contributed by atoms with Crippen molar-refractivity contribution in [1.29, 1.82) is 0 Å². The standard InChI is InChI=1S/C19H19F2NO2/c1-3-19(20,21)17(16-11-9-14(2)10-12-16)22-18(23)24-13-15-7-5-4-6-8-15/h3-12,17H,1,13H2,2H3,(H,22,23). The molecule has 3 nitrogen and oxygen atoms in total. The molecule has 0 saturated heterocycles. The summed E-state index contributed by atoms with van der Waals surface area (Å²) in [7, 11) is 0. The number of amides is 1. The highest BCUT2D eigenvalue weighted by atomic mass is 19.3. The third-order valence-electron chi connectivity index (χ3n) is 3.54. The zero-order valence-electron chi connectivity index (χ0n) is 13.3. The molecule has 5 heteroatoms. The van der Waals surface area contributed by atoms with Crippen LogP contribution in [-0.4, -0.2) is 12.0 Å². The number of hydrogen-bond donors (Lipinski definition) is 1. The summed E-state index contributed by atoms with van der Waals surface area (Å²) < 4.78 is 33.3. The van der Waals surface area contributed by atoms with Crippen LogP contribution in [0.5, 0.6) is 0 Å². The van der Waals surface area contributed by atoms with Gasteiger partial charge < -0.3 is 10.1 Å². The first-order chi connectivity index (χ1) is 11.4. The lowest BCUT2D eigenvalue weighted by Crippen LogP contribution is -2.39. The number of nitrogens with one attached hydrogen (secondary N) is 1. The van der Waals surface area contributed by atoms with E-state index in [1.807, 2.05) is 13.0 Å². The predicted octanol–water partition coefficient (Wildman–Crippen LogP) is 4.78. The lowest BCUT2D eigenvalue weighted by atomic mass is 9.99. The van der Waals surface area contributed by atoms with Crippen LogP contribution in [-0.2, 0) is 11.3 Å². The highest BCUT2D eigenvalue weighted by molar-refractivity contribution is 5.68. The van der Waals surface area contributed by atoms with Crippen LogP contribution >= 0.6 is 0 Å². The molecule has 1 unspecified atom stereocenters. The minimum Gasteiger partial charge on any atom is -0.445 e. The summed E-state index contributed by atoms with van der Waals surface area (Å²) in [6, 6.07) is 14.0. The average Bonchev–Trinajstić information content (AvgIpc) is 2.59. The minimum absolute atomic E-state index is 0.00690. The highest BCUT2D eigenvalue weighted by Crippen LogP contribution is 2.32. The zero-order chi connectivity index (χ0) is 17.6. The smallest absolute Gasteiger partial charge is 0.408 e. The largest absolute Gasteiger partial charge is 0.445 e. The monoisotopic (exact) mass is 331 g/mol. The van der Waals surface area contributed by atoms with E-state index >= 15 is 0 Å². The molecular weight excluding hydrogens is 312 g/mol. The molecule has 1 N–H and O–H groups in total. The van der Waals surface area contributed by atoms with E-state index in [1.54, 1.807) is 48.5 Å². The third-order valence-corrected chi connectivity index (χ3v) is 3.54. The van der Waals surface area contributed by atoms with Crippen LogP contribution < -0.4 is 5.32 Å². The molecule has 2 aromatic carbocycles. The van der Waals surface area contributed by atoms with E-state index in [4.69, 9.17) is 4.74 Å². The van der Waals surface area contributed by atoms with Crippen molar-refractivity contribution in [2.45, 2.75) is 25.5 Å². The topological polar surface area (TPSA) is 38.3 Å². The Morgan fingerprint density at radius 2 is 1.83 bits per heavy atom. The van der Waals surface area contributed by atoms with E-state index in [9.17, 15) is 13.6 Å². The fraction of sp³-hybridized carbons (Fsp3) is 0.211. The molecule has 0 aliphatic rings. The molecule has 2 rings (SSSR count). The van der Waals surface area contributed by atoms with Crippen LogP contribution in [0.3, 0.4) is 0 Å². The van der Waals surface area contributed by atoms with E-state index in [0.717, 1.165) is 11.1 Å². The normalized spacial score (nSPS) is 12.3. The molecule has 1 atom stereocenters. The van der Waals surface area contributed by atoms with Crippen molar-refractivity contribution in [3.05, 3.63) is 83.9 Å². The maximum atomic E-state index is 14.1. The second-order valence-corrected chi connectivity index (χ2v) is 5.43. The summed E-state index contributed by atoms with van der Waals surface area (Å²) in [4.78, 5) is 11.9. The summed E-state index contributed by atoms with van der Waals surface area (Å²) in [5, 5.41) is 2.23. The van der Waals surface area contributed by atoms with E-state index in [-0.39, 0.29) is 12.2 Å². The Labute approximate surface area is 140 Å². The summed E-state index contributed by atoms with van der Waals surface area (Å²) in [6.07, 6.45) is -0.388. The fourth-order valence-corrected chi connectivity index (χ4v) is 2.16. The molecule has 0 heterocycles. The van der Waals surface area contributed by atoms with Gasteiger partial charge in [0.15, 0.2) is 0 Å². The van der Waals surface area contributed by atoms with Crippen LogP contribution in [0.1, 0.15) is 22.7 Å². The number of hydrogen-bond acceptors (Lipinski definition) is 2. The first kappa shape index (κ1) is 17.7. The molecule has 0 aliphatic heterocycles. The Kier molecular flexibility index (Phi) is 5.68. The van der Waals surface area contributed by atoms with E-state index < -0.39 is 18.1 Å². The Hall–Kier alpha value is -2.69. The summed E-state index contributed by atoms with van der Waals surface area (Å²) >= 11 is 0. The second-order valence-electron chi connectivity index (χ2n) is 5.43. The second kappa shape index (κ2) is 7.73. The van der Waals surface area contributed by atoms with E-state index in [2.05, 4.69) is 11.9 Å². The lowest BCUT2D eigenvalue weighted by molar-refractivity contribution is 0.00975. The number of benzene rings is 2. The fourth-order valence-electron chi connectivity index (χ4n) is 2.16. The molecule has 24 heavy (non-hydrogen) atoms. The first-order valence-electron chi connectivity index (χ1n) is 7.47. The molecule has 0 spiro atoms. The maximum Gasteiger partial charge on any atom is 0.408 e. The highest BCUT2D eigenvalue weighted by Gasteiger charge is 2.39. The SMILES string of the molecule is C=CC(F)(F)C(NC(=O)OCc1ccccc1)c1ccc(C)cc1. The van der Waals surface area contributed by atoms with E-state index in [1.165, 1.54) is 0 Å². The number of carbonyl (C=O) groups excluding carboxylic acids is 1. The van der Waals surface area contributed by atoms with Gasteiger partial charge in [0, 0.05) is 0 Å². The minimum atomic E-state index is -3.30. The van der Waals surface area contributed by atoms with Gasteiger partial charge in [0.2, 0.25) is 0 Å². The number of rotatable bonds is 6. The number of alkyl carbamates (subject to hydrolysis) is 1. The van der Waals surface area contributed by atoms with Gasteiger partial charge in [-0.15, -0.1) is 0 Å². The quantitative estimate of drug-likeness (QED) is 0.773. The first-order valence-corrected chi connectivity index (χ1v) is 7.47. The van der Waals surface area contributed by atoms with Crippen LogP contribution in [0, 0.1) is 6.92 Å². The summed E-state index contributed by atoms with van der Waals surface area (Å²) in [5.74, 6) is -3.30. The number of alkyl halides is 2. The van der Waals surface area contributed by atoms with Crippen molar-refractivity contribution >= 4 is 6.09 Å². The van der Waals surface area contributed by atoms with Crippen molar-refractivity contribution < 1.29 is 18.3 Å². The Balaban J connectivity index is 2.09. The summed E-state index contributed by atoms with van der Waals surface area (Å²) in [6.45, 7) is 5.02. The third kappa shape index (κ3) is 4.65. The molecule has 0 radical (unpaired) electrons. The van der Waals surface area contributed by atoms with Crippen LogP contribution in [0.25, 0.3) is 0 Å². The number of carbonyl (C=O) groups is 1. The average molecular weight is 331 g/mol. The van der Waals surface area contributed by atoms with Gasteiger partial charge in [-0.05, 0) is 24.1 Å². The van der Waals surface area contributed by atoms with Gasteiger partial charge in [-0.2, -0.15) is 8.78 Å². The molecule has 0 fully saturated rings. The molecule has 1 amide bonds. The lowest BCUT2D eigenvalue weighted by Gasteiger charge is -2.25. The molecule has 126 valence electrons. The van der Waals surface area contributed by atoms with Gasteiger partial charge in [-0.25, -0.2) is 4.79 Å². The van der Waals surface area contributed by atoms with Crippen LogP contribution in [0.2, 0.25) is 0 Å². The number of aryl methyl sites for hydroxylation is 1. The van der Waals surface area contributed by atoms with Gasteiger partial charge in [0.25, 0.3) is 5.92 Å². The molecule has 2 aromatic rings. The Bertz CT molecular complexity index is 684. The van der Waals surface area contributed by atoms with Crippen molar-refractivity contribution in [3.63, 3.8) is 0 Å². The zero-order valence-corrected chi connectivity index (χ0v) is 13.3. The molecular formula is C19H19F2NO2. The molecule has 0 aromatic heterocycles. The molecule has 0 aliphatic carbocycles. The molecule has 0 bridgehead atoms. The van der Waals surface area contributed by atoms with Gasteiger partial charge in [-0.3, -0.25) is 0 Å². The maximum absolute atomic E-state index is 14.1. The van der Waals surface area contributed by atoms with Gasteiger partial charge in [0.05, 0.1) is 0 Å². The summed E-state index contributed by atoms with van der Waals surface area (Å²) in [5.41, 5.74) is 1.99. The predicted molar refractivity (Wildman–Crippen MR) is 88.8 cm³/mol. The van der Waals surface area contributed by atoms with Gasteiger partial charge in [0.1, 0.15) is 12.6 Å². The van der Waals surface area contributed by atoms with Gasteiger partial charge >= 0.3 is 6.09 Å². The van der Waals surface area contributed by atoms with E-state index in [0.29, 0.717) is 6.08 Å². The van der Waals surface area contributed by atoms with Crippen LogP contribution in [0.4, 0.5) is 13.6 Å². The van der Waals surface area contributed by atoms with Crippen molar-refractivity contribution in [2.24, 2.45) is 0 Å². The number of ether oxygens (including phenoxy) is 1. The van der Waals surface area contributed by atoms with Crippen molar-refractivity contribution in [2.75, 3.05) is 0 Å². The Morgan fingerprint density at radius 3 is 2.42 bits per heavy atom.